The summed E-state index contributed by atoms with van der Waals surface area (Å²) in [7, 11) is 0. The van der Waals surface area contributed by atoms with Crippen LogP contribution in [0, 0.1) is 0 Å². The van der Waals surface area contributed by atoms with Crippen LogP contribution in [0.2, 0.25) is 0 Å². The highest BCUT2D eigenvalue weighted by Gasteiger charge is 2.34. The standard InChI is InChI=1S/C15H15BrN4O3/c16-10-3-1-9(2-4-10)14-13-11(18-8-19-13)5-6-20(14)15(23)17-7-12(21)22/h1-4,8,14H,5-7H2,(H,17,23)(H,18,19)(H,21,22)/t14-/m1/s1. The average Bonchev–Trinajstić information content (AvgIpc) is 3.01. The molecule has 1 atom stereocenters. The van der Waals surface area contributed by atoms with Gasteiger partial charge in [-0.1, -0.05) is 28.1 Å². The number of carbonyl (C=O) groups excluding carboxylic acids is 1. The maximum absolute atomic E-state index is 12.4. The summed E-state index contributed by atoms with van der Waals surface area (Å²) < 4.78 is 0.946. The Kier molecular flexibility index (Phi) is 4.33. The van der Waals surface area contributed by atoms with Gasteiger partial charge in [-0.05, 0) is 17.7 Å². The normalized spacial score (nSPS) is 16.7. The van der Waals surface area contributed by atoms with Crippen LogP contribution in [-0.4, -0.2) is 45.1 Å². The number of nitrogens with zero attached hydrogens (tertiary/aromatic N) is 2. The summed E-state index contributed by atoms with van der Waals surface area (Å²) in [6.45, 7) is 0.0805. The molecule has 7 nitrogen and oxygen atoms in total. The van der Waals surface area contributed by atoms with Crippen LogP contribution in [-0.2, 0) is 11.2 Å². The lowest BCUT2D eigenvalue weighted by atomic mass is 9.96. The number of hydrogen-bond acceptors (Lipinski definition) is 3. The van der Waals surface area contributed by atoms with Crippen LogP contribution in [0.4, 0.5) is 4.79 Å². The number of fused-ring (bicyclic) bond motifs is 1. The Balaban J connectivity index is 1.93. The Morgan fingerprint density at radius 3 is 2.83 bits per heavy atom. The van der Waals surface area contributed by atoms with Crippen LogP contribution in [0.15, 0.2) is 35.1 Å². The van der Waals surface area contributed by atoms with Gasteiger partial charge in [-0.3, -0.25) is 4.79 Å². The van der Waals surface area contributed by atoms with Gasteiger partial charge in [0.05, 0.1) is 12.0 Å². The number of nitrogens with one attached hydrogen (secondary N) is 2. The molecule has 3 N–H and O–H groups in total. The number of imidazole rings is 1. The minimum Gasteiger partial charge on any atom is -0.480 e. The lowest BCUT2D eigenvalue weighted by Crippen LogP contribution is -2.47. The molecule has 1 aliphatic heterocycles. The molecule has 23 heavy (non-hydrogen) atoms. The van der Waals surface area contributed by atoms with E-state index in [1.54, 1.807) is 11.2 Å². The van der Waals surface area contributed by atoms with E-state index in [0.717, 1.165) is 21.4 Å². The van der Waals surface area contributed by atoms with Crippen LogP contribution >= 0.6 is 15.9 Å². The van der Waals surface area contributed by atoms with E-state index in [0.29, 0.717) is 13.0 Å². The van der Waals surface area contributed by atoms with Crippen molar-refractivity contribution in [2.45, 2.75) is 12.5 Å². The molecule has 3 rings (SSSR count). The van der Waals surface area contributed by atoms with Gasteiger partial charge in [0.1, 0.15) is 12.6 Å². The number of urea groups is 1. The third kappa shape index (κ3) is 3.21. The highest BCUT2D eigenvalue weighted by molar-refractivity contribution is 9.10. The topological polar surface area (TPSA) is 98.3 Å². The van der Waals surface area contributed by atoms with Gasteiger partial charge in [0.15, 0.2) is 0 Å². The number of H-pyrrole nitrogens is 1. The third-order valence-electron chi connectivity index (χ3n) is 3.76. The van der Waals surface area contributed by atoms with E-state index >= 15 is 0 Å². The molecule has 1 aliphatic rings. The van der Waals surface area contributed by atoms with Gasteiger partial charge in [-0.25, -0.2) is 9.78 Å². The second-order valence-electron chi connectivity index (χ2n) is 5.22. The molecule has 0 spiro atoms. The maximum atomic E-state index is 12.4. The van der Waals surface area contributed by atoms with E-state index in [2.05, 4.69) is 31.2 Å². The number of rotatable bonds is 3. The first-order valence-electron chi connectivity index (χ1n) is 7.10. The van der Waals surface area contributed by atoms with Gasteiger partial charge in [0, 0.05) is 23.1 Å². The summed E-state index contributed by atoms with van der Waals surface area (Å²) in [5.74, 6) is -1.07. The maximum Gasteiger partial charge on any atom is 0.323 e. The number of hydrogen-bond donors (Lipinski definition) is 3. The molecule has 1 aromatic carbocycles. The molecule has 0 bridgehead atoms. The fourth-order valence-electron chi connectivity index (χ4n) is 2.73. The fourth-order valence-corrected chi connectivity index (χ4v) is 3.00. The first-order chi connectivity index (χ1) is 11.1. The summed E-state index contributed by atoms with van der Waals surface area (Å²) in [6, 6.07) is 6.92. The van der Waals surface area contributed by atoms with Crippen molar-refractivity contribution in [2.24, 2.45) is 0 Å². The van der Waals surface area contributed by atoms with Crippen LogP contribution < -0.4 is 5.32 Å². The predicted molar refractivity (Wildman–Crippen MR) is 86.0 cm³/mol. The zero-order chi connectivity index (χ0) is 16.4. The number of carbonyl (C=O) groups is 2. The Labute approximate surface area is 140 Å². The Bertz CT molecular complexity index is 729. The van der Waals surface area contributed by atoms with Crippen molar-refractivity contribution in [1.29, 1.82) is 0 Å². The van der Waals surface area contributed by atoms with E-state index in [1.807, 2.05) is 24.3 Å². The summed E-state index contributed by atoms with van der Waals surface area (Å²) in [5, 5.41) is 11.2. The second kappa shape index (κ2) is 6.41. The molecule has 0 unspecified atom stereocenters. The van der Waals surface area contributed by atoms with Gasteiger partial charge >= 0.3 is 12.0 Å². The van der Waals surface area contributed by atoms with Crippen molar-refractivity contribution in [3.05, 3.63) is 52.0 Å². The molecule has 0 radical (unpaired) electrons. The van der Waals surface area contributed by atoms with Crippen LogP contribution in [0.1, 0.15) is 23.0 Å². The minimum absolute atomic E-state index is 0.341. The van der Waals surface area contributed by atoms with Crippen LogP contribution in [0.5, 0.6) is 0 Å². The van der Waals surface area contributed by atoms with Gasteiger partial charge in [0.2, 0.25) is 0 Å². The average molecular weight is 379 g/mol. The molecule has 8 heteroatoms. The minimum atomic E-state index is -1.07. The largest absolute Gasteiger partial charge is 0.480 e. The fraction of sp³-hybridized carbons (Fsp3) is 0.267. The SMILES string of the molecule is O=C(O)CNC(=O)N1CCc2[nH]cnc2[C@H]1c1ccc(Br)cc1. The summed E-state index contributed by atoms with van der Waals surface area (Å²) >= 11 is 3.40. The number of carboxylic acids is 1. The number of aromatic amines is 1. The first kappa shape index (κ1) is 15.5. The monoisotopic (exact) mass is 378 g/mol. The summed E-state index contributed by atoms with van der Waals surface area (Å²) in [5.41, 5.74) is 2.72. The smallest absolute Gasteiger partial charge is 0.323 e. The van der Waals surface area contributed by atoms with Gasteiger partial charge in [-0.15, -0.1) is 0 Å². The molecule has 1 aromatic heterocycles. The molecule has 0 aliphatic carbocycles. The van der Waals surface area contributed by atoms with Crippen molar-refractivity contribution < 1.29 is 14.7 Å². The highest BCUT2D eigenvalue weighted by atomic mass is 79.9. The molecule has 2 amide bonds. The van der Waals surface area contributed by atoms with Crippen molar-refractivity contribution in [3.8, 4) is 0 Å². The van der Waals surface area contributed by atoms with Crippen molar-refractivity contribution in [2.75, 3.05) is 13.1 Å². The number of aliphatic carboxylic acids is 1. The Hall–Kier alpha value is -2.35. The van der Waals surface area contributed by atoms with E-state index in [-0.39, 0.29) is 6.04 Å². The zero-order valence-electron chi connectivity index (χ0n) is 12.1. The lowest BCUT2D eigenvalue weighted by Gasteiger charge is -2.35. The molecule has 0 fully saturated rings. The van der Waals surface area contributed by atoms with Crippen LogP contribution in [0.25, 0.3) is 0 Å². The number of benzene rings is 1. The van der Waals surface area contributed by atoms with Gasteiger partial charge in [-0.2, -0.15) is 0 Å². The molecular formula is C15H15BrN4O3. The van der Waals surface area contributed by atoms with Crippen molar-refractivity contribution in [3.63, 3.8) is 0 Å². The van der Waals surface area contributed by atoms with E-state index in [4.69, 9.17) is 5.11 Å². The lowest BCUT2D eigenvalue weighted by molar-refractivity contribution is -0.135. The Morgan fingerprint density at radius 2 is 2.13 bits per heavy atom. The second-order valence-corrected chi connectivity index (χ2v) is 6.13. The zero-order valence-corrected chi connectivity index (χ0v) is 13.7. The number of amides is 2. The molecule has 0 saturated carbocycles. The Morgan fingerprint density at radius 1 is 1.39 bits per heavy atom. The molecular weight excluding hydrogens is 364 g/mol. The molecule has 120 valence electrons. The van der Waals surface area contributed by atoms with E-state index in [9.17, 15) is 9.59 Å². The highest BCUT2D eigenvalue weighted by Crippen LogP contribution is 2.33. The molecule has 0 saturated heterocycles. The van der Waals surface area contributed by atoms with Gasteiger partial charge in [0.25, 0.3) is 0 Å². The van der Waals surface area contributed by atoms with Crippen molar-refractivity contribution >= 4 is 27.9 Å². The number of aromatic nitrogens is 2. The van der Waals surface area contributed by atoms with E-state index in [1.165, 1.54) is 0 Å². The third-order valence-corrected chi connectivity index (χ3v) is 4.29. The van der Waals surface area contributed by atoms with Crippen LogP contribution in [0.3, 0.4) is 0 Å². The summed E-state index contributed by atoms with van der Waals surface area (Å²) in [4.78, 5) is 32.2. The van der Waals surface area contributed by atoms with Crippen molar-refractivity contribution in [1.82, 2.24) is 20.2 Å². The number of carboxylic acid groups (broad SMARTS) is 1. The number of halogens is 1. The first-order valence-corrected chi connectivity index (χ1v) is 7.89. The summed E-state index contributed by atoms with van der Waals surface area (Å²) in [6.07, 6.45) is 2.28. The molecule has 2 heterocycles. The van der Waals surface area contributed by atoms with Gasteiger partial charge < -0.3 is 20.3 Å². The quantitative estimate of drug-likeness (QED) is 0.759. The van der Waals surface area contributed by atoms with E-state index < -0.39 is 18.5 Å². The predicted octanol–water partition coefficient (Wildman–Crippen LogP) is 1.91. The molecule has 2 aromatic rings.